The van der Waals surface area contributed by atoms with E-state index in [0.717, 1.165) is 18.4 Å². The highest BCUT2D eigenvalue weighted by Gasteiger charge is 2.26. The maximum atomic E-state index is 12.0. The van der Waals surface area contributed by atoms with Crippen LogP contribution < -0.4 is 5.32 Å². The second kappa shape index (κ2) is 6.89. The number of benzene rings is 1. The average molecular weight is 275 g/mol. The Morgan fingerprint density at radius 3 is 2.20 bits per heavy atom. The lowest BCUT2D eigenvalue weighted by atomic mass is 9.98. The summed E-state index contributed by atoms with van der Waals surface area (Å²) in [6, 6.07) is 8.38. The summed E-state index contributed by atoms with van der Waals surface area (Å²) >= 11 is 0. The van der Waals surface area contributed by atoms with Crippen molar-refractivity contribution in [1.82, 2.24) is 5.32 Å². The van der Waals surface area contributed by atoms with Crippen molar-refractivity contribution in [3.05, 3.63) is 35.4 Å². The van der Waals surface area contributed by atoms with Crippen molar-refractivity contribution >= 4 is 5.97 Å². The minimum absolute atomic E-state index is 0.200. The average Bonchev–Trinajstić information content (AvgIpc) is 2.97. The van der Waals surface area contributed by atoms with E-state index in [1.54, 1.807) is 0 Å². The van der Waals surface area contributed by atoms with E-state index >= 15 is 0 Å². The van der Waals surface area contributed by atoms with E-state index in [4.69, 9.17) is 4.74 Å². The van der Waals surface area contributed by atoms with Gasteiger partial charge in [-0.1, -0.05) is 51.0 Å². The fourth-order valence-electron chi connectivity index (χ4n) is 2.82. The van der Waals surface area contributed by atoms with Gasteiger partial charge in [0.1, 0.15) is 6.04 Å². The number of hydrogen-bond acceptors (Lipinski definition) is 3. The molecule has 0 amide bonds. The highest BCUT2D eigenvalue weighted by molar-refractivity contribution is 5.77. The molecule has 2 rings (SSSR count). The largest absolute Gasteiger partial charge is 0.468 e. The number of carbonyl (C=O) groups is 1. The summed E-state index contributed by atoms with van der Waals surface area (Å²) in [5, 5.41) is 3.46. The normalized spacial score (nSPS) is 17.4. The van der Waals surface area contributed by atoms with Gasteiger partial charge in [-0.3, -0.25) is 5.32 Å². The summed E-state index contributed by atoms with van der Waals surface area (Å²) in [6.07, 6.45) is 4.80. The van der Waals surface area contributed by atoms with Crippen LogP contribution in [-0.2, 0) is 9.53 Å². The van der Waals surface area contributed by atoms with Gasteiger partial charge in [0.05, 0.1) is 7.11 Å². The fourth-order valence-corrected chi connectivity index (χ4v) is 2.82. The summed E-state index contributed by atoms with van der Waals surface area (Å²) in [4.78, 5) is 12.0. The van der Waals surface area contributed by atoms with Gasteiger partial charge in [0.15, 0.2) is 0 Å². The maximum Gasteiger partial charge on any atom is 0.327 e. The SMILES string of the molecule is COC(=O)C(NC1CCCC1)c1ccc(C(C)C)cc1. The molecule has 20 heavy (non-hydrogen) atoms. The molecule has 0 heterocycles. The van der Waals surface area contributed by atoms with Crippen molar-refractivity contribution in [3.8, 4) is 0 Å². The molecule has 0 bridgehead atoms. The van der Waals surface area contributed by atoms with Crippen molar-refractivity contribution in [2.75, 3.05) is 7.11 Å². The zero-order valence-electron chi connectivity index (χ0n) is 12.7. The highest BCUT2D eigenvalue weighted by Crippen LogP contribution is 2.24. The van der Waals surface area contributed by atoms with Crippen LogP contribution in [0.5, 0.6) is 0 Å². The van der Waals surface area contributed by atoms with Gasteiger partial charge in [0.2, 0.25) is 0 Å². The molecule has 1 N–H and O–H groups in total. The molecule has 1 aromatic rings. The third kappa shape index (κ3) is 3.60. The Hall–Kier alpha value is -1.35. The van der Waals surface area contributed by atoms with E-state index < -0.39 is 0 Å². The van der Waals surface area contributed by atoms with Crippen LogP contribution >= 0.6 is 0 Å². The molecule has 1 saturated carbocycles. The van der Waals surface area contributed by atoms with Crippen molar-refractivity contribution in [2.24, 2.45) is 0 Å². The molecule has 0 spiro atoms. The second-order valence-corrected chi connectivity index (χ2v) is 5.93. The van der Waals surface area contributed by atoms with E-state index in [-0.39, 0.29) is 12.0 Å². The first-order chi connectivity index (χ1) is 9.61. The van der Waals surface area contributed by atoms with Crippen LogP contribution in [0.25, 0.3) is 0 Å². The molecule has 110 valence electrons. The van der Waals surface area contributed by atoms with Gasteiger partial charge in [0.25, 0.3) is 0 Å². The van der Waals surface area contributed by atoms with Crippen LogP contribution in [-0.4, -0.2) is 19.1 Å². The lowest BCUT2D eigenvalue weighted by Crippen LogP contribution is -2.36. The number of carbonyl (C=O) groups excluding carboxylic acids is 1. The van der Waals surface area contributed by atoms with E-state index in [1.165, 1.54) is 25.5 Å². The quantitative estimate of drug-likeness (QED) is 0.835. The van der Waals surface area contributed by atoms with Crippen molar-refractivity contribution in [1.29, 1.82) is 0 Å². The molecular weight excluding hydrogens is 250 g/mol. The van der Waals surface area contributed by atoms with Crippen LogP contribution in [0.3, 0.4) is 0 Å². The molecule has 0 aliphatic heterocycles. The Morgan fingerprint density at radius 1 is 1.15 bits per heavy atom. The molecule has 3 heteroatoms. The number of rotatable bonds is 5. The smallest absolute Gasteiger partial charge is 0.327 e. The zero-order chi connectivity index (χ0) is 14.5. The molecule has 0 saturated heterocycles. The van der Waals surface area contributed by atoms with Crippen LogP contribution in [0.1, 0.15) is 62.6 Å². The van der Waals surface area contributed by atoms with Gasteiger partial charge < -0.3 is 4.74 Å². The molecule has 0 radical (unpaired) electrons. The fraction of sp³-hybridized carbons (Fsp3) is 0.588. The number of ether oxygens (including phenoxy) is 1. The Bertz CT molecular complexity index is 433. The third-order valence-electron chi connectivity index (χ3n) is 4.13. The highest BCUT2D eigenvalue weighted by atomic mass is 16.5. The predicted molar refractivity (Wildman–Crippen MR) is 80.7 cm³/mol. The van der Waals surface area contributed by atoms with E-state index in [9.17, 15) is 4.79 Å². The number of nitrogens with one attached hydrogen (secondary N) is 1. The molecule has 0 aromatic heterocycles. The second-order valence-electron chi connectivity index (χ2n) is 5.93. The van der Waals surface area contributed by atoms with Crippen LogP contribution in [0.4, 0.5) is 0 Å². The molecule has 1 fully saturated rings. The molecule has 1 aromatic carbocycles. The summed E-state index contributed by atoms with van der Waals surface area (Å²) in [5.41, 5.74) is 2.28. The van der Waals surface area contributed by atoms with Crippen LogP contribution in [0.15, 0.2) is 24.3 Å². The first-order valence-electron chi connectivity index (χ1n) is 7.55. The maximum absolute atomic E-state index is 12.0. The first kappa shape index (κ1) is 15.0. The number of methoxy groups -OCH3 is 1. The standard InChI is InChI=1S/C17H25NO2/c1-12(2)13-8-10-14(11-9-13)16(17(19)20-3)18-15-6-4-5-7-15/h8-12,15-16,18H,4-7H2,1-3H3. The molecular formula is C17H25NO2. The van der Waals surface area contributed by atoms with E-state index in [2.05, 4.69) is 31.3 Å². The van der Waals surface area contributed by atoms with E-state index in [0.29, 0.717) is 12.0 Å². The summed E-state index contributed by atoms with van der Waals surface area (Å²) in [5.74, 6) is 0.303. The van der Waals surface area contributed by atoms with Crippen LogP contribution in [0, 0.1) is 0 Å². The molecule has 1 aliphatic rings. The van der Waals surface area contributed by atoms with Crippen molar-refractivity contribution in [2.45, 2.75) is 57.5 Å². The van der Waals surface area contributed by atoms with Gasteiger partial charge in [-0.15, -0.1) is 0 Å². The van der Waals surface area contributed by atoms with Gasteiger partial charge in [-0.05, 0) is 29.9 Å². The first-order valence-corrected chi connectivity index (χ1v) is 7.55. The molecule has 3 nitrogen and oxygen atoms in total. The lowest BCUT2D eigenvalue weighted by Gasteiger charge is -2.21. The van der Waals surface area contributed by atoms with Crippen molar-refractivity contribution < 1.29 is 9.53 Å². The molecule has 1 aliphatic carbocycles. The zero-order valence-corrected chi connectivity index (χ0v) is 12.7. The molecule has 1 unspecified atom stereocenters. The van der Waals surface area contributed by atoms with Gasteiger partial charge in [-0.25, -0.2) is 4.79 Å². The topological polar surface area (TPSA) is 38.3 Å². The third-order valence-corrected chi connectivity index (χ3v) is 4.13. The Balaban J connectivity index is 2.14. The predicted octanol–water partition coefficient (Wildman–Crippen LogP) is 3.56. The van der Waals surface area contributed by atoms with Crippen LogP contribution in [0.2, 0.25) is 0 Å². The number of hydrogen-bond donors (Lipinski definition) is 1. The summed E-state index contributed by atoms with van der Waals surface area (Å²) in [7, 11) is 1.45. The van der Waals surface area contributed by atoms with Gasteiger partial charge in [-0.2, -0.15) is 0 Å². The summed E-state index contributed by atoms with van der Waals surface area (Å²) in [6.45, 7) is 4.34. The minimum Gasteiger partial charge on any atom is -0.468 e. The Kier molecular flexibility index (Phi) is 5.18. The minimum atomic E-state index is -0.343. The monoisotopic (exact) mass is 275 g/mol. The van der Waals surface area contributed by atoms with Gasteiger partial charge >= 0.3 is 5.97 Å². The number of esters is 1. The van der Waals surface area contributed by atoms with Gasteiger partial charge in [0, 0.05) is 6.04 Å². The van der Waals surface area contributed by atoms with Crippen molar-refractivity contribution in [3.63, 3.8) is 0 Å². The Labute approximate surface area is 121 Å². The lowest BCUT2D eigenvalue weighted by molar-refractivity contribution is -0.143. The molecule has 1 atom stereocenters. The summed E-state index contributed by atoms with van der Waals surface area (Å²) < 4.78 is 4.95. The Morgan fingerprint density at radius 2 is 1.70 bits per heavy atom. The van der Waals surface area contributed by atoms with E-state index in [1.807, 2.05) is 12.1 Å².